The van der Waals surface area contributed by atoms with Crippen LogP contribution in [0.3, 0.4) is 0 Å². The second-order valence-corrected chi connectivity index (χ2v) is 6.37. The SMILES string of the molecule is CN(C)c1cccc(NC(=O)C(=O)N2CCN(c3ccccn3)CC2)c1. The Labute approximate surface area is 153 Å². The molecule has 26 heavy (non-hydrogen) atoms. The van der Waals surface area contributed by atoms with Crippen molar-refractivity contribution in [3.63, 3.8) is 0 Å². The minimum Gasteiger partial charge on any atom is -0.378 e. The fourth-order valence-electron chi connectivity index (χ4n) is 2.87. The number of pyridine rings is 1. The Morgan fingerprint density at radius 1 is 1.04 bits per heavy atom. The topological polar surface area (TPSA) is 68.8 Å². The molecule has 0 bridgehead atoms. The van der Waals surface area contributed by atoms with E-state index in [0.717, 1.165) is 11.5 Å². The van der Waals surface area contributed by atoms with Gasteiger partial charge in [0, 0.05) is 57.8 Å². The van der Waals surface area contributed by atoms with E-state index in [1.54, 1.807) is 17.2 Å². The van der Waals surface area contributed by atoms with Crippen molar-refractivity contribution in [3.8, 4) is 0 Å². The maximum absolute atomic E-state index is 12.4. The third-order valence-corrected chi connectivity index (χ3v) is 4.35. The van der Waals surface area contributed by atoms with Gasteiger partial charge >= 0.3 is 11.8 Å². The minimum atomic E-state index is -0.604. The van der Waals surface area contributed by atoms with Gasteiger partial charge in [-0.25, -0.2) is 4.98 Å². The Morgan fingerprint density at radius 3 is 2.46 bits per heavy atom. The van der Waals surface area contributed by atoms with Crippen LogP contribution in [0.2, 0.25) is 0 Å². The molecule has 2 amide bonds. The van der Waals surface area contributed by atoms with Gasteiger partial charge in [-0.05, 0) is 30.3 Å². The highest BCUT2D eigenvalue weighted by molar-refractivity contribution is 6.39. The number of hydrogen-bond donors (Lipinski definition) is 1. The summed E-state index contributed by atoms with van der Waals surface area (Å²) in [6, 6.07) is 13.2. The van der Waals surface area contributed by atoms with Gasteiger partial charge in [-0.1, -0.05) is 12.1 Å². The Balaban J connectivity index is 1.56. The van der Waals surface area contributed by atoms with Gasteiger partial charge in [0.05, 0.1) is 0 Å². The largest absolute Gasteiger partial charge is 0.378 e. The van der Waals surface area contributed by atoms with E-state index < -0.39 is 11.8 Å². The Hall–Kier alpha value is -3.09. The van der Waals surface area contributed by atoms with E-state index in [-0.39, 0.29) is 0 Å². The molecule has 136 valence electrons. The molecular weight excluding hydrogens is 330 g/mol. The zero-order valence-electron chi connectivity index (χ0n) is 15.1. The number of amides is 2. The molecule has 1 aliphatic rings. The highest BCUT2D eigenvalue weighted by Gasteiger charge is 2.26. The molecular formula is C19H23N5O2. The normalized spacial score (nSPS) is 14.1. The molecule has 0 spiro atoms. The van der Waals surface area contributed by atoms with Crippen molar-refractivity contribution >= 4 is 29.0 Å². The molecule has 0 radical (unpaired) electrons. The van der Waals surface area contributed by atoms with Crippen LogP contribution < -0.4 is 15.1 Å². The third-order valence-electron chi connectivity index (χ3n) is 4.35. The number of rotatable bonds is 3. The van der Waals surface area contributed by atoms with E-state index in [4.69, 9.17) is 0 Å². The number of piperazine rings is 1. The van der Waals surface area contributed by atoms with Gasteiger partial charge in [-0.3, -0.25) is 9.59 Å². The summed E-state index contributed by atoms with van der Waals surface area (Å²) in [6.07, 6.45) is 1.75. The first-order chi connectivity index (χ1) is 12.5. The van der Waals surface area contributed by atoms with Gasteiger partial charge in [-0.15, -0.1) is 0 Å². The van der Waals surface area contributed by atoms with Crippen LogP contribution in [0.1, 0.15) is 0 Å². The maximum atomic E-state index is 12.4. The van der Waals surface area contributed by atoms with Gasteiger partial charge in [0.2, 0.25) is 0 Å². The molecule has 2 heterocycles. The summed E-state index contributed by atoms with van der Waals surface area (Å²) in [6.45, 7) is 2.32. The molecule has 0 unspecified atom stereocenters. The molecule has 1 aliphatic heterocycles. The molecule has 1 aromatic heterocycles. The molecule has 1 N–H and O–H groups in total. The lowest BCUT2D eigenvalue weighted by atomic mass is 10.2. The van der Waals surface area contributed by atoms with Gasteiger partial charge in [0.15, 0.2) is 0 Å². The van der Waals surface area contributed by atoms with Crippen molar-refractivity contribution in [1.82, 2.24) is 9.88 Å². The summed E-state index contributed by atoms with van der Waals surface area (Å²) in [4.78, 5) is 34.7. The first-order valence-electron chi connectivity index (χ1n) is 8.58. The average molecular weight is 353 g/mol. The maximum Gasteiger partial charge on any atom is 0.313 e. The summed E-state index contributed by atoms with van der Waals surface area (Å²) >= 11 is 0. The van der Waals surface area contributed by atoms with E-state index in [1.165, 1.54) is 0 Å². The number of hydrogen-bond acceptors (Lipinski definition) is 5. The van der Waals surface area contributed by atoms with Crippen molar-refractivity contribution in [2.75, 3.05) is 55.4 Å². The molecule has 1 fully saturated rings. The monoisotopic (exact) mass is 353 g/mol. The predicted octanol–water partition coefficient (Wildman–Crippen LogP) is 1.43. The molecule has 2 aromatic rings. The Bertz CT molecular complexity index is 771. The van der Waals surface area contributed by atoms with Gasteiger partial charge in [0.1, 0.15) is 5.82 Å². The third kappa shape index (κ3) is 4.11. The molecule has 7 nitrogen and oxygen atoms in total. The van der Waals surface area contributed by atoms with E-state index >= 15 is 0 Å². The van der Waals surface area contributed by atoms with Gasteiger partial charge in [0.25, 0.3) is 0 Å². The molecule has 0 atom stereocenters. The highest BCUT2D eigenvalue weighted by atomic mass is 16.2. The zero-order valence-corrected chi connectivity index (χ0v) is 15.1. The number of aromatic nitrogens is 1. The summed E-state index contributed by atoms with van der Waals surface area (Å²) in [5.41, 5.74) is 1.57. The Kier molecular flexibility index (Phi) is 5.36. The summed E-state index contributed by atoms with van der Waals surface area (Å²) in [5.74, 6) is -0.210. The fraction of sp³-hybridized carbons (Fsp3) is 0.316. The number of carbonyl (C=O) groups excluding carboxylic acids is 2. The van der Waals surface area contributed by atoms with E-state index in [0.29, 0.717) is 31.9 Å². The predicted molar refractivity (Wildman–Crippen MR) is 102 cm³/mol. The first kappa shape index (κ1) is 17.7. The smallest absolute Gasteiger partial charge is 0.313 e. The molecule has 0 saturated carbocycles. The molecule has 1 saturated heterocycles. The second kappa shape index (κ2) is 7.86. The van der Waals surface area contributed by atoms with E-state index in [9.17, 15) is 9.59 Å². The zero-order chi connectivity index (χ0) is 18.5. The van der Waals surface area contributed by atoms with Crippen LogP contribution in [0, 0.1) is 0 Å². The van der Waals surface area contributed by atoms with E-state index in [1.807, 2.05) is 55.4 Å². The fourth-order valence-corrected chi connectivity index (χ4v) is 2.87. The minimum absolute atomic E-state index is 0.499. The van der Waals surface area contributed by atoms with Crippen LogP contribution >= 0.6 is 0 Å². The lowest BCUT2D eigenvalue weighted by Crippen LogP contribution is -2.51. The van der Waals surface area contributed by atoms with Crippen LogP contribution in [0.4, 0.5) is 17.2 Å². The van der Waals surface area contributed by atoms with Crippen LogP contribution in [0.5, 0.6) is 0 Å². The van der Waals surface area contributed by atoms with Crippen LogP contribution in [0.15, 0.2) is 48.7 Å². The lowest BCUT2D eigenvalue weighted by Gasteiger charge is -2.35. The van der Waals surface area contributed by atoms with Crippen molar-refractivity contribution in [2.24, 2.45) is 0 Å². The number of nitrogens with one attached hydrogen (secondary N) is 1. The average Bonchev–Trinajstić information content (AvgIpc) is 2.68. The molecule has 1 aromatic carbocycles. The lowest BCUT2D eigenvalue weighted by molar-refractivity contribution is -0.143. The quantitative estimate of drug-likeness (QED) is 0.846. The first-order valence-corrected chi connectivity index (χ1v) is 8.58. The number of anilines is 3. The van der Waals surface area contributed by atoms with Crippen molar-refractivity contribution in [2.45, 2.75) is 0 Å². The number of benzene rings is 1. The Morgan fingerprint density at radius 2 is 1.81 bits per heavy atom. The highest BCUT2D eigenvalue weighted by Crippen LogP contribution is 2.18. The summed E-state index contributed by atoms with van der Waals surface area (Å²) < 4.78 is 0. The molecule has 7 heteroatoms. The molecule has 3 rings (SSSR count). The number of nitrogens with zero attached hydrogens (tertiary/aromatic N) is 4. The van der Waals surface area contributed by atoms with Crippen LogP contribution in [-0.4, -0.2) is 62.0 Å². The van der Waals surface area contributed by atoms with Crippen molar-refractivity contribution in [1.29, 1.82) is 0 Å². The standard InChI is InChI=1S/C19H23N5O2/c1-22(2)16-7-5-6-15(14-16)21-18(25)19(26)24-12-10-23(11-13-24)17-8-3-4-9-20-17/h3-9,14H,10-13H2,1-2H3,(H,21,25). The second-order valence-electron chi connectivity index (χ2n) is 6.37. The number of carbonyl (C=O) groups is 2. The van der Waals surface area contributed by atoms with E-state index in [2.05, 4.69) is 15.2 Å². The summed E-state index contributed by atoms with van der Waals surface area (Å²) in [5, 5.41) is 2.69. The van der Waals surface area contributed by atoms with Crippen molar-refractivity contribution < 1.29 is 9.59 Å². The summed E-state index contributed by atoms with van der Waals surface area (Å²) in [7, 11) is 3.85. The van der Waals surface area contributed by atoms with Gasteiger partial charge < -0.3 is 20.0 Å². The van der Waals surface area contributed by atoms with Crippen molar-refractivity contribution in [3.05, 3.63) is 48.7 Å². The van der Waals surface area contributed by atoms with Crippen LogP contribution in [0.25, 0.3) is 0 Å². The van der Waals surface area contributed by atoms with Gasteiger partial charge in [-0.2, -0.15) is 0 Å². The van der Waals surface area contributed by atoms with Crippen LogP contribution in [-0.2, 0) is 9.59 Å². The molecule has 0 aliphatic carbocycles.